The Bertz CT molecular complexity index is 7250. The van der Waals surface area contributed by atoms with Gasteiger partial charge < -0.3 is 118 Å². The van der Waals surface area contributed by atoms with Gasteiger partial charge in [0.25, 0.3) is 16.7 Å². The van der Waals surface area contributed by atoms with Crippen molar-refractivity contribution in [1.29, 1.82) is 0 Å². The van der Waals surface area contributed by atoms with Gasteiger partial charge in [0.15, 0.2) is 86.9 Å². The number of fused-ring (bicyclic) bond motifs is 15. The molecule has 12 unspecified atom stereocenters. The first-order valence-corrected chi connectivity index (χ1v) is 49.2. The first-order chi connectivity index (χ1) is 64.4. The van der Waals surface area contributed by atoms with Crippen molar-refractivity contribution < 1.29 is 160 Å². The molecule has 9 aliphatic heterocycles. The molecule has 0 aromatic carbocycles. The second-order valence-electron chi connectivity index (χ2n) is 30.8. The van der Waals surface area contributed by atoms with E-state index in [9.17, 15) is 96.7 Å². The summed E-state index contributed by atoms with van der Waals surface area (Å²) in [5.74, 6) is 1.64. The molecule has 66 nitrogen and oxygen atoms in total. The zero-order valence-corrected chi connectivity index (χ0v) is 74.2. The van der Waals surface area contributed by atoms with Crippen LogP contribution in [0.5, 0.6) is 0 Å². The number of rotatable bonds is 6. The molecule has 21 rings (SSSR count). The molecule has 0 aliphatic carbocycles. The van der Waals surface area contributed by atoms with Crippen LogP contribution in [0.1, 0.15) is 42.9 Å². The molecule has 9 fully saturated rings. The molecule has 21 heterocycles. The lowest BCUT2D eigenvalue weighted by molar-refractivity contribution is -0.0961. The number of aliphatic hydroxyl groups is 5. The molecule has 29 atom stereocenters. The zero-order valence-electron chi connectivity index (χ0n) is 68.0. The molecular weight excluding hydrogens is 1970 g/mol. The molecule has 73 heteroatoms. The summed E-state index contributed by atoms with van der Waals surface area (Å²) in [5, 5.41) is 54.0. The number of hydrogen-bond acceptors (Lipinski definition) is 52. The molecule has 26 N–H and O–H groups in total. The number of thioether (sulfide) groups is 1. The molecule has 136 heavy (non-hydrogen) atoms. The lowest BCUT2D eigenvalue weighted by Gasteiger charge is -2.31. The molecule has 0 saturated carbocycles. The van der Waals surface area contributed by atoms with E-state index in [0.717, 1.165) is 46.2 Å². The number of anilines is 6. The first-order valence-electron chi connectivity index (χ1n) is 39.3. The topological polar surface area (TPSA) is 947 Å². The number of imidazole rings is 5. The van der Waals surface area contributed by atoms with Gasteiger partial charge in [0, 0.05) is 12.6 Å². The molecule has 12 aromatic rings. The highest BCUT2D eigenvalue weighted by Crippen LogP contribution is 2.61. The number of nitrogen functional groups attached to an aromatic ring is 6. The molecule has 12 aromatic heterocycles. The van der Waals surface area contributed by atoms with E-state index in [1.807, 2.05) is 0 Å². The number of terminal acetylenes is 1. The van der Waals surface area contributed by atoms with E-state index in [1.54, 1.807) is 16.8 Å². The Kier molecular flexibility index (Phi) is 24.8. The number of hydrogen-bond donors (Lipinski definition) is 20. The standard InChI is InChI=1S/C22H24N10O13P2.C21H25N9O12P2.C20H24N10O12P2S/c1-2-22-4-41-47(38,39)44-13-11(33)8(42-20(13)32-7-28-10-17(32)29-21(24)30-18(10)35)3-40-46(36,37)45-14(22)12(34)19(43-22)31-6-27-9-15(23)25-5-26-16(9)31;22-16-8-1-2-29(17(8)25-6-24-16)12-3-9-10(39-12)4-37-44(35,36)42-15-14(31)11(5-38-43(33,34)41-9)40-20(15)30-7-26-13-18(30)27-21(23)28-19(13)32;21-14-8-15(24-3-23-14)29(4-25-8)18-11(32)12-6(40-18)1-38-43(34,35)42-13-10(31)7(2-39-44(36,37)41-12)45-19(13)30-5-26-9-16(30)27-20(22)28-17(9)33/h1,5-8,11-14,19-20,33-34H,3-4H2,(H,36,37)(H,38,39)(H2,23,25,26)(H3,24,29,30,35);1-2,6-7,9-12,14-15,20,31H,3-5H2,(H,33,34)(H,35,36)(H2,22,24,25)(H3,23,27,28,32);3-7,10-13,18-19,31-32H,1-2H2,(H,34,35)(H,36,37)(H2,21,23,24)(H3,22,27,28,33)/t8-,11?,12+,13+,14?,19-,20-,22-;9?,10-,11-,12-,14?,15+,20-;6-,7-,10?,11+,12?,13+,18-,19-/m111/s1. The fourth-order valence-electron chi connectivity index (χ4n) is 16.2. The van der Waals surface area contributed by atoms with Crippen LogP contribution in [-0.4, -0.2) is 309 Å². The van der Waals surface area contributed by atoms with Crippen molar-refractivity contribution in [2.45, 2.75) is 145 Å². The van der Waals surface area contributed by atoms with Crippen molar-refractivity contribution >= 4 is 161 Å². The SMILES string of the molecule is C#C[C@@]12COP(=O)(O)O[C@H]3C(O)[C@@H](COP(=O)(O)OC1[C@H](O)[C@H](n1cnc4c(N)ncnc41)O2)O[C@H]3n1cnc2c(=O)[nH]c(N)nc21.Nc1nc2c(ncn2[C@@H]2O[C@@H]3COP(=O)(O)OC4C[C@H](n5ccc6c(N)ncnc65)O[C@@H]4COP(=O)(O)O[C@H]2C3O)c(=O)[nH]1.Nc1nc2c(ncn2[C@@H]2S[C@@H]3COP(=O)(O)OC4[C@@H](COP(=O)(O)O[C@H]2C3O)O[C@@H](n2cnc3c(N)ncnc32)[C@H]4O)c(=O)[nH]1. The van der Waals surface area contributed by atoms with Crippen molar-refractivity contribution in [3.63, 3.8) is 0 Å². The summed E-state index contributed by atoms with van der Waals surface area (Å²) in [6, 6.07) is 1.66. The predicted octanol–water partition coefficient (Wildman–Crippen LogP) is -4.67. The Morgan fingerprint density at radius 1 is 0.404 bits per heavy atom. The highest BCUT2D eigenvalue weighted by molar-refractivity contribution is 8.00. The van der Waals surface area contributed by atoms with Crippen molar-refractivity contribution in [3.05, 3.63) is 93.9 Å². The second-order valence-corrected chi connectivity index (χ2v) is 40.6. The van der Waals surface area contributed by atoms with E-state index in [2.05, 4.69) is 90.6 Å². The second kappa shape index (κ2) is 35.6. The third-order valence-corrected chi connectivity index (χ3v) is 29.8. The van der Waals surface area contributed by atoms with Crippen LogP contribution >= 0.6 is 58.7 Å². The number of phosphoric acid groups is 6. The summed E-state index contributed by atoms with van der Waals surface area (Å²) in [7, 11) is -30.4. The minimum Gasteiger partial charge on any atom is -0.389 e. The lowest BCUT2D eigenvalue weighted by atomic mass is 9.97. The fraction of sp³-hybridized carbons (Fsp3) is 0.476. The van der Waals surface area contributed by atoms with Crippen LogP contribution in [0.15, 0.2) is 77.3 Å². The highest BCUT2D eigenvalue weighted by atomic mass is 32.2. The van der Waals surface area contributed by atoms with E-state index < -0.39 is 242 Å². The van der Waals surface area contributed by atoms with E-state index in [-0.39, 0.29) is 97.5 Å². The van der Waals surface area contributed by atoms with Crippen LogP contribution in [0, 0.1) is 12.3 Å². The number of aromatic amines is 3. The molecule has 9 aliphatic rings. The van der Waals surface area contributed by atoms with Gasteiger partial charge in [-0.1, -0.05) is 5.92 Å². The largest absolute Gasteiger partial charge is 0.472 e. The summed E-state index contributed by atoms with van der Waals surface area (Å²) in [6.45, 7) is -4.76. The summed E-state index contributed by atoms with van der Waals surface area (Å²) < 4.78 is 179. The van der Waals surface area contributed by atoms with Gasteiger partial charge >= 0.3 is 46.9 Å². The maximum absolute atomic E-state index is 13.4. The van der Waals surface area contributed by atoms with Crippen LogP contribution < -0.4 is 51.1 Å². The van der Waals surface area contributed by atoms with Gasteiger partial charge in [-0.15, -0.1) is 18.2 Å². The molecule has 9 saturated heterocycles. The summed E-state index contributed by atoms with van der Waals surface area (Å²) >= 11 is 0.908. The predicted molar refractivity (Wildman–Crippen MR) is 445 cm³/mol. The average molecular weight is 2050 g/mol. The third-order valence-electron chi connectivity index (χ3n) is 22.4. The normalized spacial score (nSPS) is 37.4. The Morgan fingerprint density at radius 2 is 0.816 bits per heavy atom. The van der Waals surface area contributed by atoms with Crippen molar-refractivity contribution in [1.82, 2.24) is 112 Å². The fourth-order valence-corrected chi connectivity index (χ4v) is 23.6. The quantitative estimate of drug-likeness (QED) is 0.0550. The first kappa shape index (κ1) is 94.7. The molecule has 0 radical (unpaired) electrons. The monoisotopic (exact) mass is 2050 g/mol. The van der Waals surface area contributed by atoms with Crippen LogP contribution in [-0.2, 0) is 105 Å². The van der Waals surface area contributed by atoms with E-state index in [1.165, 1.54) is 39.0 Å². The maximum atomic E-state index is 13.4. The summed E-state index contributed by atoms with van der Waals surface area (Å²) in [4.78, 5) is 164. The number of aromatic nitrogens is 23. The van der Waals surface area contributed by atoms with Crippen LogP contribution in [0.4, 0.5) is 35.3 Å². The van der Waals surface area contributed by atoms with Gasteiger partial charge in [-0.3, -0.25) is 106 Å². The number of H-pyrrole nitrogens is 3. The van der Waals surface area contributed by atoms with Crippen molar-refractivity contribution in [3.8, 4) is 12.3 Å². The number of nitrogens with two attached hydrogens (primary N) is 6. The molecular formula is C63H73N29O37P6S. The van der Waals surface area contributed by atoms with Gasteiger partial charge in [-0.25, -0.2) is 82.2 Å². The molecule has 0 amide bonds. The Balaban J connectivity index is 0.000000131. The minimum absolute atomic E-state index is 0.00579. The highest BCUT2D eigenvalue weighted by Gasteiger charge is 2.62. The van der Waals surface area contributed by atoms with E-state index >= 15 is 0 Å². The van der Waals surface area contributed by atoms with Gasteiger partial charge in [0.05, 0.1) is 81.4 Å². The van der Waals surface area contributed by atoms with Crippen LogP contribution in [0.3, 0.4) is 0 Å². The maximum Gasteiger partial charge on any atom is 0.472 e. The third kappa shape index (κ3) is 17.9. The van der Waals surface area contributed by atoms with Gasteiger partial charge in [-0.05, 0) is 6.07 Å². The molecule has 0 spiro atoms. The Morgan fingerprint density at radius 3 is 1.34 bits per heavy atom. The van der Waals surface area contributed by atoms with Crippen LogP contribution in [0.2, 0.25) is 0 Å². The van der Waals surface area contributed by atoms with Gasteiger partial charge in [0.2, 0.25) is 17.8 Å². The van der Waals surface area contributed by atoms with Crippen molar-refractivity contribution in [2.24, 2.45) is 0 Å². The van der Waals surface area contributed by atoms with E-state index in [4.69, 9.17) is 119 Å². The summed E-state index contributed by atoms with van der Waals surface area (Å²) in [6.07, 6.45) is -13.9. The Hall–Kier alpha value is -10.3. The smallest absolute Gasteiger partial charge is 0.389 e. The minimum atomic E-state index is -5.27. The number of ether oxygens (including phenoxy) is 5. The van der Waals surface area contributed by atoms with Gasteiger partial charge in [-0.2, -0.15) is 15.0 Å². The van der Waals surface area contributed by atoms with Crippen molar-refractivity contribution in [2.75, 3.05) is 74.0 Å². The summed E-state index contributed by atoms with van der Waals surface area (Å²) in [5.41, 5.74) is 30.4. The van der Waals surface area contributed by atoms with E-state index in [0.29, 0.717) is 11.0 Å². The number of nitrogens with one attached hydrogen (secondary N) is 3. The van der Waals surface area contributed by atoms with Gasteiger partial charge in [0.1, 0.15) is 145 Å². The molecule has 6 bridgehead atoms. The Labute approximate surface area is 755 Å². The number of phosphoric ester groups is 6. The zero-order chi connectivity index (χ0) is 96.3. The average Bonchev–Trinajstić information content (AvgIpc) is 1.58. The number of aliphatic hydroxyl groups excluding tert-OH is 5. The lowest BCUT2D eigenvalue weighted by Crippen LogP contribution is -2.47. The number of nitrogens with zero attached hydrogens (tertiary/aromatic N) is 20. The molecule has 728 valence electrons. The van der Waals surface area contributed by atoms with Crippen LogP contribution in [0.25, 0.3) is 66.9 Å².